The summed E-state index contributed by atoms with van der Waals surface area (Å²) in [5.74, 6) is 1.90. The first-order valence-electron chi connectivity index (χ1n) is 11.7. The van der Waals surface area contributed by atoms with E-state index in [9.17, 15) is 4.79 Å². The van der Waals surface area contributed by atoms with Crippen LogP contribution >= 0.6 is 11.3 Å². The van der Waals surface area contributed by atoms with E-state index in [1.165, 1.54) is 4.88 Å². The highest BCUT2D eigenvalue weighted by Gasteiger charge is 2.31. The van der Waals surface area contributed by atoms with Gasteiger partial charge >= 0.3 is 0 Å². The average Bonchev–Trinajstić information content (AvgIpc) is 3.43. The van der Waals surface area contributed by atoms with Crippen molar-refractivity contribution in [2.45, 2.75) is 19.0 Å². The lowest BCUT2D eigenvalue weighted by atomic mass is 10.0. The van der Waals surface area contributed by atoms with Crippen molar-refractivity contribution in [3.63, 3.8) is 0 Å². The molecule has 1 aliphatic heterocycles. The Balaban J connectivity index is 1.48. The fourth-order valence-corrected chi connectivity index (χ4v) is 5.64. The molecule has 186 valence electrons. The zero-order valence-corrected chi connectivity index (χ0v) is 21.5. The molecule has 1 fully saturated rings. The maximum Gasteiger partial charge on any atom is 0.251 e. The number of anilines is 1. The number of hydrogen-bond donors (Lipinski definition) is 1. The molecule has 4 rings (SSSR count). The van der Waals surface area contributed by atoms with E-state index in [2.05, 4.69) is 45.6 Å². The minimum absolute atomic E-state index is 0.0823. The molecule has 1 amide bonds. The van der Waals surface area contributed by atoms with E-state index >= 15 is 0 Å². The summed E-state index contributed by atoms with van der Waals surface area (Å²) in [6, 6.07) is 17.6. The van der Waals surface area contributed by atoms with E-state index in [0.717, 1.165) is 37.6 Å². The normalized spacial score (nSPS) is 15.8. The Bertz CT molecular complexity index is 1110. The van der Waals surface area contributed by atoms with Crippen LogP contribution in [-0.2, 0) is 0 Å². The number of carbonyl (C=O) groups excluding carboxylic acids is 1. The second-order valence-corrected chi connectivity index (χ2v) is 9.47. The maximum absolute atomic E-state index is 13.1. The van der Waals surface area contributed by atoms with E-state index in [4.69, 9.17) is 14.2 Å². The number of ether oxygens (including phenoxy) is 3. The fraction of sp³-hybridized carbons (Fsp3) is 0.370. The second kappa shape index (κ2) is 11.5. The molecular weight excluding hydrogens is 462 g/mol. The van der Waals surface area contributed by atoms with Crippen molar-refractivity contribution in [2.24, 2.45) is 0 Å². The van der Waals surface area contributed by atoms with E-state index in [-0.39, 0.29) is 18.0 Å². The SMILES string of the molecule is COc1ccc(C(=O)N[C@H](C)[C@@H](c2cccs2)N2CCN(c3ccccc3OC)CC2)cc1OC. The minimum atomic E-state index is -0.132. The quantitative estimate of drug-likeness (QED) is 0.473. The summed E-state index contributed by atoms with van der Waals surface area (Å²) in [5.41, 5.74) is 1.66. The van der Waals surface area contributed by atoms with Gasteiger partial charge < -0.3 is 24.4 Å². The van der Waals surface area contributed by atoms with Crippen LogP contribution in [0.4, 0.5) is 5.69 Å². The molecule has 3 aromatic rings. The van der Waals surface area contributed by atoms with Crippen molar-refractivity contribution in [3.8, 4) is 17.2 Å². The largest absolute Gasteiger partial charge is 0.495 e. The number of hydrogen-bond acceptors (Lipinski definition) is 7. The van der Waals surface area contributed by atoms with Gasteiger partial charge in [0.05, 0.1) is 33.1 Å². The number of nitrogens with zero attached hydrogens (tertiary/aromatic N) is 2. The van der Waals surface area contributed by atoms with Gasteiger partial charge in [0.15, 0.2) is 11.5 Å². The summed E-state index contributed by atoms with van der Waals surface area (Å²) in [6.45, 7) is 5.63. The van der Waals surface area contributed by atoms with Gasteiger partial charge in [-0.3, -0.25) is 9.69 Å². The first-order chi connectivity index (χ1) is 17.0. The van der Waals surface area contributed by atoms with Crippen molar-refractivity contribution < 1.29 is 19.0 Å². The molecular formula is C27H33N3O4S. The first kappa shape index (κ1) is 24.9. The molecule has 0 saturated carbocycles. The van der Waals surface area contributed by atoms with Crippen molar-refractivity contribution in [3.05, 3.63) is 70.4 Å². The zero-order valence-electron chi connectivity index (χ0n) is 20.7. The number of piperazine rings is 1. The Kier molecular flexibility index (Phi) is 8.15. The van der Waals surface area contributed by atoms with Crippen LogP contribution in [-0.4, -0.2) is 64.4 Å². The van der Waals surface area contributed by atoms with Gasteiger partial charge in [0.1, 0.15) is 5.75 Å². The van der Waals surface area contributed by atoms with Gasteiger partial charge in [-0.25, -0.2) is 0 Å². The molecule has 0 unspecified atom stereocenters. The molecule has 2 heterocycles. The summed E-state index contributed by atoms with van der Waals surface area (Å²) < 4.78 is 16.2. The monoisotopic (exact) mass is 495 g/mol. The highest BCUT2D eigenvalue weighted by molar-refractivity contribution is 7.10. The van der Waals surface area contributed by atoms with Crippen LogP contribution in [0.2, 0.25) is 0 Å². The van der Waals surface area contributed by atoms with Gasteiger partial charge in [-0.1, -0.05) is 18.2 Å². The number of carbonyl (C=O) groups is 1. The lowest BCUT2D eigenvalue weighted by Crippen LogP contribution is -2.52. The van der Waals surface area contributed by atoms with E-state index in [1.807, 2.05) is 18.2 Å². The van der Waals surface area contributed by atoms with E-state index in [1.54, 1.807) is 50.9 Å². The fourth-order valence-electron chi connectivity index (χ4n) is 4.68. The molecule has 2 aromatic carbocycles. The molecule has 0 spiro atoms. The van der Waals surface area contributed by atoms with Gasteiger partial charge in [0, 0.05) is 42.7 Å². The molecule has 35 heavy (non-hydrogen) atoms. The number of benzene rings is 2. The third-order valence-electron chi connectivity index (χ3n) is 6.45. The molecule has 1 N–H and O–H groups in total. The second-order valence-electron chi connectivity index (χ2n) is 8.49. The lowest BCUT2D eigenvalue weighted by Gasteiger charge is -2.42. The smallest absolute Gasteiger partial charge is 0.251 e. The summed E-state index contributed by atoms with van der Waals surface area (Å²) in [6.07, 6.45) is 0. The van der Waals surface area contributed by atoms with Gasteiger partial charge in [0.25, 0.3) is 5.91 Å². The Morgan fingerprint density at radius 3 is 2.26 bits per heavy atom. The van der Waals surface area contributed by atoms with Gasteiger partial charge in [0.2, 0.25) is 0 Å². The Hall–Kier alpha value is -3.23. The van der Waals surface area contributed by atoms with Crippen LogP contribution in [0.5, 0.6) is 17.2 Å². The average molecular weight is 496 g/mol. The van der Waals surface area contributed by atoms with Gasteiger partial charge in [-0.15, -0.1) is 11.3 Å². The topological polar surface area (TPSA) is 63.3 Å². The molecule has 0 aliphatic carbocycles. The molecule has 1 saturated heterocycles. The van der Waals surface area contributed by atoms with Crippen LogP contribution < -0.4 is 24.4 Å². The van der Waals surface area contributed by atoms with E-state index < -0.39 is 0 Å². The zero-order chi connectivity index (χ0) is 24.8. The molecule has 0 radical (unpaired) electrons. The lowest BCUT2D eigenvalue weighted by molar-refractivity contribution is 0.0890. The predicted molar refractivity (Wildman–Crippen MR) is 140 cm³/mol. The Morgan fingerprint density at radius 1 is 0.886 bits per heavy atom. The van der Waals surface area contributed by atoms with Crippen LogP contribution in [0.25, 0.3) is 0 Å². The van der Waals surface area contributed by atoms with Crippen molar-refractivity contribution in [1.82, 2.24) is 10.2 Å². The standard InChI is InChI=1S/C27H33N3O4S/c1-19(28-27(31)20-11-12-23(33-3)24(18-20)34-4)26(25-10-7-17-35-25)30-15-13-29(14-16-30)21-8-5-6-9-22(21)32-2/h5-12,17-19,26H,13-16H2,1-4H3,(H,28,31)/t19-,26+/m1/s1. The first-order valence-corrected chi connectivity index (χ1v) is 12.6. The molecule has 1 aromatic heterocycles. The highest BCUT2D eigenvalue weighted by Crippen LogP contribution is 2.33. The third-order valence-corrected chi connectivity index (χ3v) is 7.39. The van der Waals surface area contributed by atoms with Gasteiger partial charge in [-0.2, -0.15) is 0 Å². The number of nitrogens with one attached hydrogen (secondary N) is 1. The summed E-state index contributed by atoms with van der Waals surface area (Å²) in [4.78, 5) is 19.2. The highest BCUT2D eigenvalue weighted by atomic mass is 32.1. The van der Waals surface area contributed by atoms with Crippen LogP contribution in [0, 0.1) is 0 Å². The van der Waals surface area contributed by atoms with Crippen molar-refractivity contribution >= 4 is 22.9 Å². The number of rotatable bonds is 9. The number of methoxy groups -OCH3 is 3. The molecule has 0 bridgehead atoms. The van der Waals surface area contributed by atoms with Crippen molar-refractivity contribution in [1.29, 1.82) is 0 Å². The number of para-hydroxylation sites is 2. The number of thiophene rings is 1. The predicted octanol–water partition coefficient (Wildman–Crippen LogP) is 4.46. The van der Waals surface area contributed by atoms with Gasteiger partial charge in [-0.05, 0) is 48.7 Å². The Morgan fingerprint density at radius 2 is 1.60 bits per heavy atom. The summed E-state index contributed by atoms with van der Waals surface area (Å²) in [7, 11) is 4.86. The third kappa shape index (κ3) is 5.55. The van der Waals surface area contributed by atoms with E-state index in [0.29, 0.717) is 17.1 Å². The molecule has 2 atom stereocenters. The molecule has 7 nitrogen and oxygen atoms in total. The maximum atomic E-state index is 13.1. The van der Waals surface area contributed by atoms with Crippen LogP contribution in [0.15, 0.2) is 60.0 Å². The Labute approximate surface area is 211 Å². The minimum Gasteiger partial charge on any atom is -0.495 e. The number of amides is 1. The summed E-state index contributed by atoms with van der Waals surface area (Å²) >= 11 is 1.73. The van der Waals surface area contributed by atoms with Crippen molar-refractivity contribution in [2.75, 3.05) is 52.4 Å². The van der Waals surface area contributed by atoms with Crippen LogP contribution in [0.3, 0.4) is 0 Å². The molecule has 8 heteroatoms. The molecule has 1 aliphatic rings. The summed E-state index contributed by atoms with van der Waals surface area (Å²) in [5, 5.41) is 5.32. The van der Waals surface area contributed by atoms with Crippen LogP contribution in [0.1, 0.15) is 28.2 Å².